The molecule has 0 bridgehead atoms. The van der Waals surface area contributed by atoms with Crippen LogP contribution in [0.4, 0.5) is 0 Å². The van der Waals surface area contributed by atoms with Crippen LogP contribution in [0.25, 0.3) is 0 Å². The molecular weight excluding hydrogens is 404 g/mol. The first kappa shape index (κ1) is 25.0. The number of carbonyl (C=O) groups is 1. The first-order valence-corrected chi connectivity index (χ1v) is 11.0. The number of hydrogen-bond acceptors (Lipinski definition) is 4. The van der Waals surface area contributed by atoms with Crippen LogP contribution in [0.15, 0.2) is 53.5 Å². The second-order valence-corrected chi connectivity index (χ2v) is 7.42. The zero-order valence-electron chi connectivity index (χ0n) is 19.9. The molecule has 32 heavy (non-hydrogen) atoms. The lowest BCUT2D eigenvalue weighted by Crippen LogP contribution is -2.41. The number of carbonyl (C=O) groups excluding carboxylic acids is 1. The molecule has 2 aromatic rings. The average Bonchev–Trinajstić information content (AvgIpc) is 2.83. The van der Waals surface area contributed by atoms with Gasteiger partial charge in [-0.25, -0.2) is 4.99 Å². The number of nitrogens with one attached hydrogen (secondary N) is 1. The first-order valence-electron chi connectivity index (χ1n) is 11.0. The van der Waals surface area contributed by atoms with Crippen LogP contribution < -0.4 is 14.8 Å². The van der Waals surface area contributed by atoms with E-state index in [1.807, 2.05) is 79.2 Å². The number of nitrogens with zero attached hydrogens (tertiary/aromatic N) is 3. The minimum Gasteiger partial charge on any atom is -0.493 e. The number of amides is 1. The van der Waals surface area contributed by atoms with Crippen molar-refractivity contribution in [3.05, 3.63) is 59.7 Å². The van der Waals surface area contributed by atoms with Crippen molar-refractivity contribution < 1.29 is 14.3 Å². The molecule has 0 aromatic heterocycles. The van der Waals surface area contributed by atoms with E-state index in [0.717, 1.165) is 42.3 Å². The number of likely N-dealkylation sites (N-methyl/N-ethyl adjacent to an activating group) is 2. The standard InChI is InChI=1S/C25H36N4O3/c1-6-26-25(27-18-24(30)29(7-2)19-21-11-9-8-10-12-21)28(3)16-15-20-13-14-22(31-4)23(17-20)32-5/h8-14,17H,6-7,15-16,18-19H2,1-5H3,(H,26,27). The van der Waals surface area contributed by atoms with Gasteiger partial charge in [-0.1, -0.05) is 36.4 Å². The second kappa shape index (κ2) is 13.2. The van der Waals surface area contributed by atoms with Crippen LogP contribution in [0.1, 0.15) is 25.0 Å². The van der Waals surface area contributed by atoms with Gasteiger partial charge in [0.1, 0.15) is 6.54 Å². The van der Waals surface area contributed by atoms with Crippen LogP contribution in [0.3, 0.4) is 0 Å². The predicted octanol–water partition coefficient (Wildman–Crippen LogP) is 3.19. The van der Waals surface area contributed by atoms with Crippen molar-refractivity contribution in [2.45, 2.75) is 26.8 Å². The highest BCUT2D eigenvalue weighted by Gasteiger charge is 2.14. The van der Waals surface area contributed by atoms with Gasteiger partial charge in [0.2, 0.25) is 5.91 Å². The van der Waals surface area contributed by atoms with E-state index in [-0.39, 0.29) is 12.5 Å². The van der Waals surface area contributed by atoms with Crippen molar-refractivity contribution >= 4 is 11.9 Å². The van der Waals surface area contributed by atoms with Crippen LogP contribution in [0.2, 0.25) is 0 Å². The minimum atomic E-state index is 0.0139. The molecule has 0 saturated carbocycles. The maximum atomic E-state index is 12.8. The Hall–Kier alpha value is -3.22. The van der Waals surface area contributed by atoms with E-state index in [1.165, 1.54) is 0 Å². The highest BCUT2D eigenvalue weighted by atomic mass is 16.5. The third-order valence-corrected chi connectivity index (χ3v) is 5.20. The SMILES string of the molecule is CCNC(=NCC(=O)N(CC)Cc1ccccc1)N(C)CCc1ccc(OC)c(OC)c1. The summed E-state index contributed by atoms with van der Waals surface area (Å²) >= 11 is 0. The summed E-state index contributed by atoms with van der Waals surface area (Å²) in [4.78, 5) is 21.2. The predicted molar refractivity (Wildman–Crippen MR) is 129 cm³/mol. The van der Waals surface area contributed by atoms with Gasteiger partial charge in [0.05, 0.1) is 14.2 Å². The third-order valence-electron chi connectivity index (χ3n) is 5.20. The summed E-state index contributed by atoms with van der Waals surface area (Å²) in [5.74, 6) is 2.17. The molecule has 0 aliphatic heterocycles. The fourth-order valence-corrected chi connectivity index (χ4v) is 3.33. The lowest BCUT2D eigenvalue weighted by molar-refractivity contribution is -0.130. The van der Waals surface area contributed by atoms with Crippen LogP contribution >= 0.6 is 0 Å². The lowest BCUT2D eigenvalue weighted by Gasteiger charge is -2.23. The van der Waals surface area contributed by atoms with E-state index in [1.54, 1.807) is 14.2 Å². The zero-order chi connectivity index (χ0) is 23.3. The van der Waals surface area contributed by atoms with Crippen molar-refractivity contribution in [1.82, 2.24) is 15.1 Å². The summed E-state index contributed by atoms with van der Waals surface area (Å²) in [7, 11) is 5.25. The number of guanidine groups is 1. The Bertz CT molecular complexity index is 871. The largest absolute Gasteiger partial charge is 0.493 e. The van der Waals surface area contributed by atoms with Crippen LogP contribution in [0, 0.1) is 0 Å². The Labute approximate surface area is 192 Å². The molecule has 7 heteroatoms. The number of benzene rings is 2. The molecule has 0 heterocycles. The number of methoxy groups -OCH3 is 2. The molecule has 1 amide bonds. The molecule has 2 aromatic carbocycles. The Morgan fingerprint density at radius 1 is 1.00 bits per heavy atom. The van der Waals surface area contributed by atoms with Gasteiger partial charge >= 0.3 is 0 Å². The fourth-order valence-electron chi connectivity index (χ4n) is 3.33. The highest BCUT2D eigenvalue weighted by molar-refractivity contribution is 5.85. The van der Waals surface area contributed by atoms with Gasteiger partial charge in [-0.15, -0.1) is 0 Å². The number of ether oxygens (including phenoxy) is 2. The Morgan fingerprint density at radius 2 is 1.72 bits per heavy atom. The fraction of sp³-hybridized carbons (Fsp3) is 0.440. The van der Waals surface area contributed by atoms with E-state index in [2.05, 4.69) is 10.3 Å². The van der Waals surface area contributed by atoms with E-state index >= 15 is 0 Å². The molecular formula is C25H36N4O3. The molecule has 2 rings (SSSR count). The molecule has 0 fully saturated rings. The number of hydrogen-bond donors (Lipinski definition) is 1. The van der Waals surface area contributed by atoms with E-state index < -0.39 is 0 Å². The Kier molecular flexibility index (Phi) is 10.4. The maximum Gasteiger partial charge on any atom is 0.244 e. The topological polar surface area (TPSA) is 66.4 Å². The molecule has 0 unspecified atom stereocenters. The summed E-state index contributed by atoms with van der Waals surface area (Å²) in [5.41, 5.74) is 2.26. The summed E-state index contributed by atoms with van der Waals surface area (Å²) in [5, 5.41) is 3.28. The zero-order valence-corrected chi connectivity index (χ0v) is 19.9. The van der Waals surface area contributed by atoms with Gasteiger partial charge in [0.25, 0.3) is 0 Å². The van der Waals surface area contributed by atoms with Gasteiger partial charge in [-0.2, -0.15) is 0 Å². The van der Waals surface area contributed by atoms with Gasteiger partial charge in [-0.05, 0) is 43.5 Å². The van der Waals surface area contributed by atoms with E-state index in [0.29, 0.717) is 18.8 Å². The maximum absolute atomic E-state index is 12.8. The van der Waals surface area contributed by atoms with Crippen molar-refractivity contribution in [2.75, 3.05) is 47.4 Å². The monoisotopic (exact) mass is 440 g/mol. The molecule has 0 spiro atoms. The van der Waals surface area contributed by atoms with Crippen molar-refractivity contribution in [3.8, 4) is 11.5 Å². The van der Waals surface area contributed by atoms with Crippen molar-refractivity contribution in [1.29, 1.82) is 0 Å². The Morgan fingerprint density at radius 3 is 2.34 bits per heavy atom. The quantitative estimate of drug-likeness (QED) is 0.429. The molecule has 174 valence electrons. The lowest BCUT2D eigenvalue weighted by atomic mass is 10.1. The second-order valence-electron chi connectivity index (χ2n) is 7.42. The minimum absolute atomic E-state index is 0.0139. The van der Waals surface area contributed by atoms with E-state index in [4.69, 9.17) is 9.47 Å². The molecule has 0 aliphatic rings. The number of aliphatic imine (C=N–C) groups is 1. The Balaban J connectivity index is 1.99. The molecule has 0 atom stereocenters. The van der Waals surface area contributed by atoms with Gasteiger partial charge in [0, 0.05) is 33.2 Å². The molecule has 1 N–H and O–H groups in total. The molecule has 0 saturated heterocycles. The highest BCUT2D eigenvalue weighted by Crippen LogP contribution is 2.27. The summed E-state index contributed by atoms with van der Waals surface area (Å²) < 4.78 is 10.7. The van der Waals surface area contributed by atoms with Crippen molar-refractivity contribution in [2.24, 2.45) is 4.99 Å². The van der Waals surface area contributed by atoms with Crippen LogP contribution in [0.5, 0.6) is 11.5 Å². The third kappa shape index (κ3) is 7.48. The summed E-state index contributed by atoms with van der Waals surface area (Å²) in [6.07, 6.45) is 0.810. The first-order chi connectivity index (χ1) is 15.5. The summed E-state index contributed by atoms with van der Waals surface area (Å²) in [6.45, 7) is 6.85. The average molecular weight is 441 g/mol. The van der Waals surface area contributed by atoms with Gasteiger partial charge < -0.3 is 24.6 Å². The van der Waals surface area contributed by atoms with Gasteiger partial charge in [0.15, 0.2) is 17.5 Å². The summed E-state index contributed by atoms with van der Waals surface area (Å²) in [6, 6.07) is 16.0. The number of rotatable bonds is 11. The normalized spacial score (nSPS) is 11.1. The van der Waals surface area contributed by atoms with Crippen LogP contribution in [-0.2, 0) is 17.8 Å². The molecule has 7 nitrogen and oxygen atoms in total. The van der Waals surface area contributed by atoms with E-state index in [9.17, 15) is 4.79 Å². The van der Waals surface area contributed by atoms with Crippen LogP contribution in [-0.4, -0.2) is 69.1 Å². The smallest absolute Gasteiger partial charge is 0.244 e. The van der Waals surface area contributed by atoms with Gasteiger partial charge in [-0.3, -0.25) is 4.79 Å². The van der Waals surface area contributed by atoms with Crippen molar-refractivity contribution in [3.63, 3.8) is 0 Å². The molecule has 0 radical (unpaired) electrons. The molecule has 0 aliphatic carbocycles.